The van der Waals surface area contributed by atoms with Gasteiger partial charge in [0, 0.05) is 10.8 Å². The van der Waals surface area contributed by atoms with Crippen LogP contribution in [0.3, 0.4) is 0 Å². The number of halogens is 2. The van der Waals surface area contributed by atoms with E-state index in [1.54, 1.807) is 11.1 Å². The van der Waals surface area contributed by atoms with E-state index in [0.717, 1.165) is 6.42 Å². The number of hydrogen-bond donors (Lipinski definition) is 0. The summed E-state index contributed by atoms with van der Waals surface area (Å²) >= 11 is -1.96. The van der Waals surface area contributed by atoms with E-state index < -0.39 is 19.4 Å². The minimum absolute atomic E-state index is 0.160. The first-order valence-corrected chi connectivity index (χ1v) is 17.7. The summed E-state index contributed by atoms with van der Waals surface area (Å²) in [6, 6.07) is 0. The molecule has 3 aliphatic carbocycles. The second-order valence-electron chi connectivity index (χ2n) is 9.33. The molecule has 0 amide bonds. The summed E-state index contributed by atoms with van der Waals surface area (Å²) < 4.78 is 1.29. The molecular formula is C25H35Cl2Zr. The molecule has 0 aromatic carbocycles. The molecule has 0 aliphatic heterocycles. The Hall–Kier alpha value is -0.0969. The van der Waals surface area contributed by atoms with Crippen molar-refractivity contribution in [2.45, 2.75) is 75.7 Å². The molecule has 0 saturated carbocycles. The molecule has 3 heteroatoms. The van der Waals surface area contributed by atoms with Gasteiger partial charge in [0.25, 0.3) is 0 Å². The van der Waals surface area contributed by atoms with E-state index in [4.69, 9.17) is 17.0 Å². The molecule has 28 heavy (non-hydrogen) atoms. The zero-order valence-electron chi connectivity index (χ0n) is 19.2. The summed E-state index contributed by atoms with van der Waals surface area (Å²) in [7, 11) is 11.5. The fourth-order valence-corrected chi connectivity index (χ4v) is 7.65. The van der Waals surface area contributed by atoms with Crippen molar-refractivity contribution in [3.63, 3.8) is 0 Å². The topological polar surface area (TPSA) is 0 Å². The van der Waals surface area contributed by atoms with Gasteiger partial charge < -0.3 is 0 Å². The first-order chi connectivity index (χ1) is 12.8. The van der Waals surface area contributed by atoms with E-state index in [1.807, 2.05) is 12.2 Å². The van der Waals surface area contributed by atoms with Crippen LogP contribution in [-0.4, -0.2) is 0 Å². The molecule has 0 atom stereocenters. The van der Waals surface area contributed by atoms with Gasteiger partial charge in [-0.05, 0) is 75.0 Å². The number of allylic oxidation sites excluding steroid dienone is 12. The third kappa shape index (κ3) is 4.06. The molecule has 0 N–H and O–H groups in total. The predicted molar refractivity (Wildman–Crippen MR) is 123 cm³/mol. The summed E-state index contributed by atoms with van der Waals surface area (Å²) in [5, 5.41) is 0. The number of rotatable bonds is 2. The monoisotopic (exact) mass is 495 g/mol. The van der Waals surface area contributed by atoms with E-state index >= 15 is 0 Å². The van der Waals surface area contributed by atoms with Crippen LogP contribution in [0.4, 0.5) is 0 Å². The van der Waals surface area contributed by atoms with Crippen molar-refractivity contribution in [2.24, 2.45) is 10.8 Å². The summed E-state index contributed by atoms with van der Waals surface area (Å²) in [5.74, 6) is 0. The normalized spacial score (nSPS) is 22.9. The third-order valence-corrected chi connectivity index (χ3v) is 12.4. The van der Waals surface area contributed by atoms with Crippen LogP contribution in [0.15, 0.2) is 66.1 Å². The summed E-state index contributed by atoms with van der Waals surface area (Å²) in [5.41, 5.74) is 12.5. The Morgan fingerprint density at radius 1 is 0.714 bits per heavy atom. The molecule has 0 radical (unpaired) electrons. The molecule has 0 spiro atoms. The Labute approximate surface area is 187 Å². The van der Waals surface area contributed by atoms with Crippen LogP contribution in [0.2, 0.25) is 0 Å². The van der Waals surface area contributed by atoms with Gasteiger partial charge in [-0.2, -0.15) is 0 Å². The van der Waals surface area contributed by atoms with E-state index in [9.17, 15) is 0 Å². The average molecular weight is 498 g/mol. The van der Waals surface area contributed by atoms with Crippen molar-refractivity contribution < 1.29 is 19.4 Å². The fourth-order valence-electron chi connectivity index (χ4n) is 4.77. The second kappa shape index (κ2) is 8.57. The van der Waals surface area contributed by atoms with Crippen molar-refractivity contribution >= 4 is 17.0 Å². The molecule has 153 valence electrons. The molecule has 0 bridgehead atoms. The van der Waals surface area contributed by atoms with Crippen molar-refractivity contribution in [1.29, 1.82) is 0 Å². The van der Waals surface area contributed by atoms with Gasteiger partial charge in [-0.15, -0.1) is 0 Å². The van der Waals surface area contributed by atoms with Crippen molar-refractivity contribution in [2.75, 3.05) is 0 Å². The van der Waals surface area contributed by atoms with Gasteiger partial charge >= 0.3 is 64.3 Å². The average Bonchev–Trinajstić information content (AvgIpc) is 3.24. The SMILES string of the molecule is CC1=C(C)C(C)(C)C(C2=C(C)C(C)=C(C)C2(C)C)=C1C.[Cl][Zr]([Cl])[C]1=CC=CC1. The molecule has 0 aromatic rings. The van der Waals surface area contributed by atoms with Crippen molar-refractivity contribution in [3.8, 4) is 0 Å². The maximum atomic E-state index is 5.74. The van der Waals surface area contributed by atoms with E-state index in [-0.39, 0.29) is 10.8 Å². The van der Waals surface area contributed by atoms with E-state index in [1.165, 1.54) is 36.7 Å². The van der Waals surface area contributed by atoms with Gasteiger partial charge in [-0.3, -0.25) is 0 Å². The predicted octanol–water partition coefficient (Wildman–Crippen LogP) is 9.13. The van der Waals surface area contributed by atoms with E-state index in [2.05, 4.69) is 75.3 Å². The molecule has 0 saturated heterocycles. The van der Waals surface area contributed by atoms with Crippen LogP contribution in [0.25, 0.3) is 0 Å². The molecule has 0 fully saturated rings. The summed E-state index contributed by atoms with van der Waals surface area (Å²) in [6.07, 6.45) is 7.14. The zero-order valence-corrected chi connectivity index (χ0v) is 23.2. The van der Waals surface area contributed by atoms with Gasteiger partial charge in [0.05, 0.1) is 0 Å². The number of hydrogen-bond acceptors (Lipinski definition) is 0. The first-order valence-electron chi connectivity index (χ1n) is 10.1. The Morgan fingerprint density at radius 2 is 1.11 bits per heavy atom. The van der Waals surface area contributed by atoms with Gasteiger partial charge in [-0.25, -0.2) is 0 Å². The standard InChI is InChI=1S/C20H30.C5H5.2ClH.Zr/c1-11-13(3)17(19(7,8)15(11)5)18-14(4)12(2)16(6)20(18,9)10;1-2-4-5-3-1;;;/h1-10H3;1-3H,4H2;2*1H;/q;;;;+2/p-2. The minimum atomic E-state index is -1.96. The molecular weight excluding hydrogens is 462 g/mol. The van der Waals surface area contributed by atoms with Crippen LogP contribution < -0.4 is 0 Å². The summed E-state index contributed by atoms with van der Waals surface area (Å²) in [4.78, 5) is 0. The Bertz CT molecular complexity index is 812. The van der Waals surface area contributed by atoms with Gasteiger partial charge in [0.1, 0.15) is 0 Å². The van der Waals surface area contributed by atoms with Crippen LogP contribution in [0.5, 0.6) is 0 Å². The Balaban J connectivity index is 0.000000292. The Morgan fingerprint density at radius 3 is 1.29 bits per heavy atom. The molecule has 3 aliphatic rings. The Kier molecular flexibility index (Phi) is 7.40. The van der Waals surface area contributed by atoms with Crippen LogP contribution >= 0.6 is 17.0 Å². The first kappa shape index (κ1) is 24.2. The van der Waals surface area contributed by atoms with Gasteiger partial charge in [0.15, 0.2) is 0 Å². The van der Waals surface area contributed by atoms with Gasteiger partial charge in [-0.1, -0.05) is 38.8 Å². The summed E-state index contributed by atoms with van der Waals surface area (Å²) in [6.45, 7) is 23.3. The maximum absolute atomic E-state index is 5.74. The fraction of sp³-hybridized carbons (Fsp3) is 0.520. The van der Waals surface area contributed by atoms with Gasteiger partial charge in [0.2, 0.25) is 0 Å². The van der Waals surface area contributed by atoms with Crippen LogP contribution in [0.1, 0.15) is 75.7 Å². The zero-order chi connectivity index (χ0) is 21.6. The van der Waals surface area contributed by atoms with Crippen molar-refractivity contribution in [3.05, 3.63) is 66.1 Å². The van der Waals surface area contributed by atoms with Crippen LogP contribution in [0, 0.1) is 10.8 Å². The van der Waals surface area contributed by atoms with Crippen LogP contribution in [-0.2, 0) is 19.4 Å². The molecule has 0 heterocycles. The molecule has 0 aromatic heterocycles. The van der Waals surface area contributed by atoms with Crippen molar-refractivity contribution in [1.82, 2.24) is 0 Å². The molecule has 0 nitrogen and oxygen atoms in total. The molecule has 3 rings (SSSR count). The molecule has 0 unspecified atom stereocenters. The quantitative estimate of drug-likeness (QED) is 0.357. The van der Waals surface area contributed by atoms with E-state index in [0.29, 0.717) is 0 Å². The second-order valence-corrected chi connectivity index (χ2v) is 17.8. The third-order valence-electron chi connectivity index (χ3n) is 7.39.